The second kappa shape index (κ2) is 6.02. The molecule has 0 aliphatic carbocycles. The van der Waals surface area contributed by atoms with E-state index < -0.39 is 17.0 Å². The third-order valence-corrected chi connectivity index (χ3v) is 3.90. The summed E-state index contributed by atoms with van der Waals surface area (Å²) < 4.78 is 28.1. The normalized spacial score (nSPS) is 12.5. The summed E-state index contributed by atoms with van der Waals surface area (Å²) in [6.07, 6.45) is 0.128. The van der Waals surface area contributed by atoms with Crippen LogP contribution in [0.5, 0.6) is 0 Å². The van der Waals surface area contributed by atoms with Gasteiger partial charge in [0.15, 0.2) is 0 Å². The first-order chi connectivity index (χ1) is 8.99. The topological polar surface area (TPSA) is 0 Å². The summed E-state index contributed by atoms with van der Waals surface area (Å²) in [5.74, 6) is -1.11. The van der Waals surface area contributed by atoms with Crippen molar-refractivity contribution < 1.29 is 8.78 Å². The van der Waals surface area contributed by atoms with Gasteiger partial charge in [-0.3, -0.25) is 0 Å². The monoisotopic (exact) mass is 344 g/mol. The first kappa shape index (κ1) is 14.5. The number of benzene rings is 2. The molecule has 0 saturated carbocycles. The zero-order chi connectivity index (χ0) is 14.0. The van der Waals surface area contributed by atoms with Crippen LogP contribution in [0.25, 0.3) is 0 Å². The summed E-state index contributed by atoms with van der Waals surface area (Å²) in [6.45, 7) is 1.92. The highest BCUT2D eigenvalue weighted by molar-refractivity contribution is 9.10. The van der Waals surface area contributed by atoms with Crippen molar-refractivity contribution in [1.29, 1.82) is 0 Å². The molecule has 2 aromatic carbocycles. The van der Waals surface area contributed by atoms with Crippen molar-refractivity contribution in [3.63, 3.8) is 0 Å². The number of alkyl halides is 1. The van der Waals surface area contributed by atoms with Crippen LogP contribution in [0.2, 0.25) is 0 Å². The van der Waals surface area contributed by atoms with E-state index in [1.807, 2.05) is 25.1 Å². The van der Waals surface area contributed by atoms with Crippen molar-refractivity contribution in [2.45, 2.75) is 18.7 Å². The van der Waals surface area contributed by atoms with Gasteiger partial charge in [0.1, 0.15) is 11.6 Å². The molecule has 2 aromatic rings. The summed E-state index contributed by atoms with van der Waals surface area (Å²) in [7, 11) is 0. The molecule has 0 aliphatic heterocycles. The fourth-order valence-corrected chi connectivity index (χ4v) is 2.88. The van der Waals surface area contributed by atoms with Gasteiger partial charge in [0.25, 0.3) is 0 Å². The van der Waals surface area contributed by atoms with Gasteiger partial charge in [0.2, 0.25) is 0 Å². The van der Waals surface area contributed by atoms with Gasteiger partial charge in [-0.25, -0.2) is 8.78 Å². The Morgan fingerprint density at radius 1 is 1.16 bits per heavy atom. The number of halogens is 4. The predicted molar refractivity (Wildman–Crippen MR) is 77.5 cm³/mol. The van der Waals surface area contributed by atoms with E-state index in [4.69, 9.17) is 11.6 Å². The smallest absolute Gasteiger partial charge is 0.129 e. The van der Waals surface area contributed by atoms with Crippen LogP contribution in [0.4, 0.5) is 8.78 Å². The zero-order valence-electron chi connectivity index (χ0n) is 10.3. The molecule has 0 aliphatic rings. The molecule has 1 atom stereocenters. The second-order valence-electron chi connectivity index (χ2n) is 4.37. The first-order valence-electron chi connectivity index (χ1n) is 5.82. The van der Waals surface area contributed by atoms with E-state index >= 15 is 0 Å². The summed E-state index contributed by atoms with van der Waals surface area (Å²) in [4.78, 5) is 0. The molecule has 0 fully saturated rings. The second-order valence-corrected chi connectivity index (χ2v) is 5.82. The van der Waals surface area contributed by atoms with Crippen LogP contribution in [0.3, 0.4) is 0 Å². The number of aryl methyl sites for hydroxylation is 1. The lowest BCUT2D eigenvalue weighted by molar-refractivity contribution is 0.553. The van der Waals surface area contributed by atoms with Gasteiger partial charge < -0.3 is 0 Å². The minimum atomic E-state index is -0.555. The van der Waals surface area contributed by atoms with Crippen molar-refractivity contribution in [2.24, 2.45) is 0 Å². The van der Waals surface area contributed by atoms with Crippen LogP contribution in [0.1, 0.15) is 22.1 Å². The van der Waals surface area contributed by atoms with Gasteiger partial charge in [0, 0.05) is 10.0 Å². The average Bonchev–Trinajstić information content (AvgIpc) is 2.33. The summed E-state index contributed by atoms with van der Waals surface area (Å²) in [5, 5.41) is -0.459. The van der Waals surface area contributed by atoms with E-state index in [9.17, 15) is 8.78 Å². The number of hydrogen-bond donors (Lipinski definition) is 0. The Bertz CT molecular complexity index is 578. The molecule has 0 radical (unpaired) electrons. The number of hydrogen-bond acceptors (Lipinski definition) is 0. The van der Waals surface area contributed by atoms with E-state index in [2.05, 4.69) is 15.9 Å². The van der Waals surface area contributed by atoms with Gasteiger partial charge in [-0.05, 0) is 48.7 Å². The largest absolute Gasteiger partial charge is 0.207 e. The SMILES string of the molecule is Cc1cc(Br)ccc1C(Cl)Cc1c(F)cccc1F. The molecule has 0 N–H and O–H groups in total. The third-order valence-electron chi connectivity index (χ3n) is 3.01. The van der Waals surface area contributed by atoms with Crippen molar-refractivity contribution in [3.05, 3.63) is 69.2 Å². The lowest BCUT2D eigenvalue weighted by Gasteiger charge is -2.14. The highest BCUT2D eigenvalue weighted by atomic mass is 79.9. The lowest BCUT2D eigenvalue weighted by Crippen LogP contribution is -2.03. The summed E-state index contributed by atoms with van der Waals surface area (Å²) in [6, 6.07) is 9.52. The molecular formula is C15H12BrClF2. The molecule has 0 nitrogen and oxygen atoms in total. The van der Waals surface area contributed by atoms with Crippen LogP contribution in [0, 0.1) is 18.6 Å². The zero-order valence-corrected chi connectivity index (χ0v) is 12.6. The molecule has 0 spiro atoms. The van der Waals surface area contributed by atoms with Crippen molar-refractivity contribution in [2.75, 3.05) is 0 Å². The highest BCUT2D eigenvalue weighted by Gasteiger charge is 2.17. The van der Waals surface area contributed by atoms with Gasteiger partial charge in [-0.2, -0.15) is 0 Å². The van der Waals surface area contributed by atoms with Gasteiger partial charge in [-0.15, -0.1) is 11.6 Å². The Morgan fingerprint density at radius 2 is 1.79 bits per heavy atom. The van der Waals surface area contributed by atoms with Gasteiger partial charge in [0.05, 0.1) is 5.38 Å². The minimum absolute atomic E-state index is 0.0322. The Labute approximate surface area is 124 Å². The van der Waals surface area contributed by atoms with Crippen LogP contribution in [-0.4, -0.2) is 0 Å². The molecule has 0 saturated heterocycles. The summed E-state index contributed by atoms with van der Waals surface area (Å²) in [5.41, 5.74) is 1.91. The first-order valence-corrected chi connectivity index (χ1v) is 7.05. The van der Waals surface area contributed by atoms with Crippen LogP contribution in [-0.2, 0) is 6.42 Å². The Kier molecular flexibility index (Phi) is 4.58. The molecule has 19 heavy (non-hydrogen) atoms. The predicted octanol–water partition coefficient (Wildman–Crippen LogP) is 5.56. The quantitative estimate of drug-likeness (QED) is 0.639. The molecule has 2 rings (SSSR count). The van der Waals surface area contributed by atoms with Crippen molar-refractivity contribution in [1.82, 2.24) is 0 Å². The molecule has 4 heteroatoms. The Balaban J connectivity index is 2.28. The maximum atomic E-state index is 13.6. The molecule has 0 aromatic heterocycles. The lowest BCUT2D eigenvalue weighted by atomic mass is 9.99. The molecule has 100 valence electrons. The summed E-state index contributed by atoms with van der Waals surface area (Å²) >= 11 is 9.67. The molecule has 1 unspecified atom stereocenters. The van der Waals surface area contributed by atoms with Crippen molar-refractivity contribution >= 4 is 27.5 Å². The van der Waals surface area contributed by atoms with E-state index in [1.54, 1.807) is 0 Å². The van der Waals surface area contributed by atoms with E-state index in [1.165, 1.54) is 18.2 Å². The fourth-order valence-electron chi connectivity index (χ4n) is 2.01. The van der Waals surface area contributed by atoms with Crippen LogP contribution >= 0.6 is 27.5 Å². The van der Waals surface area contributed by atoms with Gasteiger partial charge in [-0.1, -0.05) is 28.1 Å². The van der Waals surface area contributed by atoms with Gasteiger partial charge >= 0.3 is 0 Å². The molecule has 0 heterocycles. The Morgan fingerprint density at radius 3 is 2.37 bits per heavy atom. The maximum Gasteiger partial charge on any atom is 0.129 e. The molecular weight excluding hydrogens is 334 g/mol. The van der Waals surface area contributed by atoms with E-state index in [0.717, 1.165) is 15.6 Å². The van der Waals surface area contributed by atoms with Crippen LogP contribution in [0.15, 0.2) is 40.9 Å². The molecule has 0 amide bonds. The minimum Gasteiger partial charge on any atom is -0.207 e. The average molecular weight is 346 g/mol. The van der Waals surface area contributed by atoms with E-state index in [0.29, 0.717) is 0 Å². The van der Waals surface area contributed by atoms with Crippen LogP contribution < -0.4 is 0 Å². The Hall–Kier alpha value is -0.930. The third kappa shape index (κ3) is 3.34. The maximum absolute atomic E-state index is 13.6. The van der Waals surface area contributed by atoms with E-state index in [-0.39, 0.29) is 12.0 Å². The number of rotatable bonds is 3. The molecule has 0 bridgehead atoms. The standard InChI is InChI=1S/C15H12BrClF2/c1-9-7-10(16)5-6-11(9)13(17)8-12-14(18)3-2-4-15(12)19/h2-7,13H,8H2,1H3. The fraction of sp³-hybridized carbons (Fsp3) is 0.200. The van der Waals surface area contributed by atoms with Crippen molar-refractivity contribution in [3.8, 4) is 0 Å². The highest BCUT2D eigenvalue weighted by Crippen LogP contribution is 2.30.